The smallest absolute Gasteiger partial charge is 0.309 e. The van der Waals surface area contributed by atoms with Gasteiger partial charge in [0.1, 0.15) is 46.6 Å². The molecule has 0 radical (unpaired) electrons. The third kappa shape index (κ3) is 10.4. The van der Waals surface area contributed by atoms with E-state index >= 15 is 13.2 Å². The zero-order valence-corrected chi connectivity index (χ0v) is 50.9. The molecule has 0 spiro atoms. The van der Waals surface area contributed by atoms with Crippen LogP contribution in [0, 0.1) is 55.4 Å². The van der Waals surface area contributed by atoms with Crippen molar-refractivity contribution >= 4 is 43.6 Å². The Morgan fingerprint density at radius 1 is 0.250 bits per heavy atom. The number of halogens is 3. The number of hydrogen-bond donors (Lipinski definition) is 0. The highest BCUT2D eigenvalue weighted by Crippen LogP contribution is 2.46. The summed E-state index contributed by atoms with van der Waals surface area (Å²) in [7, 11) is 0. The lowest BCUT2D eigenvalue weighted by molar-refractivity contribution is -0.137. The summed E-state index contributed by atoms with van der Waals surface area (Å²) in [5.41, 5.74) is 8.52. The molecule has 20 heteroatoms. The summed E-state index contributed by atoms with van der Waals surface area (Å²) in [6.45, 7) is 14.6. The highest BCUT2D eigenvalue weighted by Gasteiger charge is 2.33. The van der Waals surface area contributed by atoms with Gasteiger partial charge >= 0.3 is 6.18 Å². The van der Waals surface area contributed by atoms with Crippen LogP contribution in [0.3, 0.4) is 0 Å². The predicted molar refractivity (Wildman–Crippen MR) is 348 cm³/mol. The van der Waals surface area contributed by atoms with Gasteiger partial charge < -0.3 is 9.13 Å². The van der Waals surface area contributed by atoms with Crippen LogP contribution >= 0.6 is 0 Å². The first-order valence-electron chi connectivity index (χ1n) is 29.6. The number of nitrogens with zero attached hydrogens (tertiary/aromatic N) is 17. The molecule has 8 aromatic carbocycles. The molecule has 0 aliphatic carbocycles. The van der Waals surface area contributed by atoms with Gasteiger partial charge in [0.05, 0.1) is 39.0 Å². The second-order valence-electron chi connectivity index (χ2n) is 22.6. The van der Waals surface area contributed by atoms with E-state index in [9.17, 15) is 0 Å². The van der Waals surface area contributed by atoms with Gasteiger partial charge in [-0.15, -0.1) is 0 Å². The molecule has 0 atom stereocenters. The SMILES string of the molecule is Cc1nc(C)nc(-c2ccc3c(c2)c2cc(-c4nc(C)nc(C)n4)ccc2n3-c2ccc(-c3nc(-c4ccccc4)nc(-c4ccccc4)n3)cc2-c2cc(C(F)(F)F)ccc2-n2c3ccc(-c4nc(C)nc(C)n4)cc3c3cc(-c4nc(C)nc(C)n4)ccc32)n1. The summed E-state index contributed by atoms with van der Waals surface area (Å²) in [4.78, 5) is 71.1. The largest absolute Gasteiger partial charge is 0.416 e. The molecule has 7 aromatic heterocycles. The fourth-order valence-corrected chi connectivity index (χ4v) is 12.2. The van der Waals surface area contributed by atoms with Gasteiger partial charge in [-0.05, 0) is 165 Å². The highest BCUT2D eigenvalue weighted by atomic mass is 19.4. The fraction of sp³-hybridized carbons (Fsp3) is 0.125. The molecule has 0 unspecified atom stereocenters. The molecular formula is C72H52F3N17. The molecule has 15 aromatic rings. The normalized spacial score (nSPS) is 11.9. The number of benzene rings is 8. The zero-order valence-electron chi connectivity index (χ0n) is 50.9. The summed E-state index contributed by atoms with van der Waals surface area (Å²) in [5.74, 6) is 7.52. The second-order valence-corrected chi connectivity index (χ2v) is 22.6. The van der Waals surface area contributed by atoms with Gasteiger partial charge in [0.2, 0.25) is 0 Å². The van der Waals surface area contributed by atoms with Gasteiger partial charge in [0.15, 0.2) is 40.8 Å². The van der Waals surface area contributed by atoms with E-state index in [4.69, 9.17) is 54.8 Å². The standard InChI is InChI=1S/C72H52F3N17/c1-37-76-38(2)81-67(80-37)47-19-25-59-53(31-47)54-32-48(68-82-39(3)77-40(4)83-68)20-26-60(54)91(59)63-29-23-51(71-89-65(45-15-11-9-12-16-45)88-66(90-71)46-17-13-10-14-18-46)35-57(63)58-36-52(72(73,74)75)24-30-64(58)92-61-27-21-49(69-84-41(5)78-42(6)85-69)33-55(61)56-34-50(22-28-62(56)92)70-86-43(7)79-44(8)87-70/h9-36H,1-8H3. The summed E-state index contributed by atoms with van der Waals surface area (Å²) in [6.07, 6.45) is -4.78. The maximum atomic E-state index is 15.9. The third-order valence-corrected chi connectivity index (χ3v) is 16.0. The molecule has 17 nitrogen and oxygen atoms in total. The van der Waals surface area contributed by atoms with Crippen molar-refractivity contribution in [3.63, 3.8) is 0 Å². The molecule has 92 heavy (non-hydrogen) atoms. The lowest BCUT2D eigenvalue weighted by Crippen LogP contribution is -2.08. The fourth-order valence-electron chi connectivity index (χ4n) is 12.2. The summed E-state index contributed by atoms with van der Waals surface area (Å²) in [5, 5.41) is 3.14. The summed E-state index contributed by atoms with van der Waals surface area (Å²) < 4.78 is 51.8. The van der Waals surface area contributed by atoms with E-state index in [0.717, 1.165) is 60.9 Å². The minimum atomic E-state index is -4.78. The van der Waals surface area contributed by atoms with Crippen molar-refractivity contribution in [1.82, 2.24) is 83.9 Å². The van der Waals surface area contributed by atoms with Gasteiger partial charge in [0.25, 0.3) is 0 Å². The molecule has 0 bridgehead atoms. The van der Waals surface area contributed by atoms with Gasteiger partial charge in [-0.1, -0.05) is 60.7 Å². The number of fused-ring (bicyclic) bond motifs is 6. The van der Waals surface area contributed by atoms with E-state index in [1.54, 1.807) is 6.07 Å². The Balaban J connectivity index is 1.06. The van der Waals surface area contributed by atoms with E-state index in [-0.39, 0.29) is 5.56 Å². The van der Waals surface area contributed by atoms with E-state index in [1.165, 1.54) is 6.07 Å². The van der Waals surface area contributed by atoms with Crippen molar-refractivity contribution in [2.75, 3.05) is 0 Å². The molecule has 7 heterocycles. The quantitative estimate of drug-likeness (QED) is 0.125. The highest BCUT2D eigenvalue weighted by molar-refractivity contribution is 6.14. The average Bonchev–Trinajstić information content (AvgIpc) is 1.82. The van der Waals surface area contributed by atoms with Gasteiger partial charge in [-0.25, -0.2) is 74.8 Å². The van der Waals surface area contributed by atoms with Gasteiger partial charge in [-0.2, -0.15) is 13.2 Å². The summed E-state index contributed by atoms with van der Waals surface area (Å²) >= 11 is 0. The third-order valence-electron chi connectivity index (χ3n) is 16.0. The van der Waals surface area contributed by atoms with Crippen LogP contribution in [0.5, 0.6) is 0 Å². The Bertz CT molecular complexity index is 5160. The minimum Gasteiger partial charge on any atom is -0.309 e. The monoisotopic (exact) mass is 1210 g/mol. The number of aromatic nitrogens is 17. The van der Waals surface area contributed by atoms with Gasteiger partial charge in [-0.3, -0.25) is 0 Å². The number of aryl methyl sites for hydroxylation is 8. The van der Waals surface area contributed by atoms with Crippen LogP contribution in [0.25, 0.3) is 146 Å². The molecule has 0 N–H and O–H groups in total. The van der Waals surface area contributed by atoms with Gasteiger partial charge in [0, 0.05) is 71.6 Å². The van der Waals surface area contributed by atoms with Crippen molar-refractivity contribution in [3.05, 3.63) is 222 Å². The molecular weight excluding hydrogens is 1160 g/mol. The Hall–Kier alpha value is -11.8. The van der Waals surface area contributed by atoms with Crippen LogP contribution in [0.15, 0.2) is 170 Å². The number of alkyl halides is 3. The van der Waals surface area contributed by atoms with Crippen LogP contribution in [-0.4, -0.2) is 83.9 Å². The van der Waals surface area contributed by atoms with E-state index in [1.807, 2.05) is 212 Å². The Kier molecular flexibility index (Phi) is 13.6. The first-order chi connectivity index (χ1) is 44.4. The maximum Gasteiger partial charge on any atom is 0.416 e. The maximum absolute atomic E-state index is 15.9. The van der Waals surface area contributed by atoms with Crippen molar-refractivity contribution in [1.29, 1.82) is 0 Å². The van der Waals surface area contributed by atoms with Crippen LogP contribution in [-0.2, 0) is 6.18 Å². The minimum absolute atomic E-state index is 0.243. The molecule has 0 saturated carbocycles. The predicted octanol–water partition coefficient (Wildman–Crippen LogP) is 15.6. The van der Waals surface area contributed by atoms with Crippen molar-refractivity contribution in [2.24, 2.45) is 0 Å². The van der Waals surface area contributed by atoms with Crippen molar-refractivity contribution < 1.29 is 13.2 Å². The van der Waals surface area contributed by atoms with Crippen LogP contribution in [0.1, 0.15) is 52.2 Å². The molecule has 446 valence electrons. The lowest BCUT2D eigenvalue weighted by atomic mass is 9.96. The lowest BCUT2D eigenvalue weighted by Gasteiger charge is -2.21. The van der Waals surface area contributed by atoms with Crippen LogP contribution < -0.4 is 0 Å². The Labute approximate surface area is 524 Å². The number of rotatable bonds is 10. The van der Waals surface area contributed by atoms with Crippen molar-refractivity contribution in [3.8, 4) is 102 Å². The molecule has 15 rings (SSSR count). The summed E-state index contributed by atoms with van der Waals surface area (Å²) in [6, 6.07) is 52.7. The Morgan fingerprint density at radius 3 is 0.826 bits per heavy atom. The van der Waals surface area contributed by atoms with E-state index in [2.05, 4.69) is 24.5 Å². The molecule has 0 amide bonds. The average molecular weight is 1210 g/mol. The topological polar surface area (TPSA) is 203 Å². The van der Waals surface area contributed by atoms with Crippen LogP contribution in [0.4, 0.5) is 13.2 Å². The molecule has 0 aliphatic rings. The zero-order chi connectivity index (χ0) is 63.3. The van der Waals surface area contributed by atoms with E-state index in [0.29, 0.717) is 132 Å². The van der Waals surface area contributed by atoms with Crippen LogP contribution in [0.2, 0.25) is 0 Å². The molecule has 0 aliphatic heterocycles. The van der Waals surface area contributed by atoms with Crippen molar-refractivity contribution in [2.45, 2.75) is 61.6 Å². The molecule has 0 fully saturated rings. The van der Waals surface area contributed by atoms with E-state index < -0.39 is 11.7 Å². The Morgan fingerprint density at radius 2 is 0.511 bits per heavy atom. The first-order valence-corrected chi connectivity index (χ1v) is 29.6. The number of hydrogen-bond acceptors (Lipinski definition) is 15. The first kappa shape index (κ1) is 56.7. The molecule has 0 saturated heterocycles. The second kappa shape index (κ2) is 22.1.